The lowest BCUT2D eigenvalue weighted by Gasteiger charge is -2.41. The highest BCUT2D eigenvalue weighted by Gasteiger charge is 2.30. The molecule has 0 aromatic carbocycles. The van der Waals surface area contributed by atoms with E-state index in [1.54, 1.807) is 4.90 Å². The molecule has 6 rings (SSSR count). The largest absolute Gasteiger partial charge is 0.453 e. The number of hydrogen-bond donors (Lipinski definition) is 2. The molecule has 3 aromatic heterocycles. The second-order valence-electron chi connectivity index (χ2n) is 10.7. The summed E-state index contributed by atoms with van der Waals surface area (Å²) in [5, 5.41) is 12.6. The second-order valence-corrected chi connectivity index (χ2v) is 11.4. The van der Waals surface area contributed by atoms with Crippen LogP contribution in [0.4, 0.5) is 22.2 Å². The number of nitrogens with one attached hydrogen (secondary N) is 2. The molecule has 0 bridgehead atoms. The van der Waals surface area contributed by atoms with Gasteiger partial charge in [-0.15, -0.1) is 0 Å². The highest BCUT2D eigenvalue weighted by molar-refractivity contribution is 7.13. The van der Waals surface area contributed by atoms with Gasteiger partial charge in [-0.1, -0.05) is 0 Å². The van der Waals surface area contributed by atoms with Gasteiger partial charge >= 0.3 is 6.09 Å². The predicted octanol–water partition coefficient (Wildman–Crippen LogP) is 3.79. The zero-order valence-corrected chi connectivity index (χ0v) is 23.5. The van der Waals surface area contributed by atoms with Gasteiger partial charge in [0.25, 0.3) is 0 Å². The Balaban J connectivity index is 1.09. The van der Waals surface area contributed by atoms with E-state index in [1.165, 1.54) is 18.6 Å². The fraction of sp³-hybridized carbons (Fsp3) is 0.654. The van der Waals surface area contributed by atoms with Crippen molar-refractivity contribution in [3.05, 3.63) is 18.1 Å². The third-order valence-corrected chi connectivity index (χ3v) is 9.01. The molecule has 39 heavy (non-hydrogen) atoms. The number of rotatable bonds is 6. The zero-order chi connectivity index (χ0) is 26.8. The van der Waals surface area contributed by atoms with E-state index in [0.29, 0.717) is 24.6 Å². The number of nitrogens with zero attached hydrogens (tertiary/aromatic N) is 7. The number of fused-ring (bicyclic) bond motifs is 1. The average Bonchev–Trinajstić information content (AvgIpc) is 3.60. The maximum absolute atomic E-state index is 11.8. The Morgan fingerprint density at radius 1 is 1.10 bits per heavy atom. The van der Waals surface area contributed by atoms with Crippen molar-refractivity contribution in [1.29, 1.82) is 0 Å². The first-order chi connectivity index (χ1) is 19.1. The van der Waals surface area contributed by atoms with E-state index in [4.69, 9.17) is 19.4 Å². The molecule has 3 fully saturated rings. The Bertz CT molecular complexity index is 1270. The normalized spacial score (nSPS) is 24.6. The van der Waals surface area contributed by atoms with Crippen molar-refractivity contribution in [3.8, 4) is 0 Å². The predicted molar refractivity (Wildman–Crippen MR) is 150 cm³/mol. The van der Waals surface area contributed by atoms with Crippen LogP contribution in [0, 0.1) is 6.92 Å². The third kappa shape index (κ3) is 5.80. The maximum atomic E-state index is 11.8. The Hall–Kier alpha value is -3.03. The number of methoxy groups -OCH3 is 1. The lowest BCUT2D eigenvalue weighted by atomic mass is 9.89. The number of anilines is 3. The molecule has 2 saturated heterocycles. The summed E-state index contributed by atoms with van der Waals surface area (Å²) in [6.07, 6.45) is 10.1. The number of hydrogen-bond acceptors (Lipinski definition) is 11. The van der Waals surface area contributed by atoms with Crippen molar-refractivity contribution in [2.24, 2.45) is 0 Å². The van der Waals surface area contributed by atoms with Crippen molar-refractivity contribution in [2.45, 2.75) is 63.6 Å². The number of carbonyl (C=O) groups is 1. The highest BCUT2D eigenvalue weighted by Crippen LogP contribution is 2.32. The fourth-order valence-electron chi connectivity index (χ4n) is 5.99. The van der Waals surface area contributed by atoms with E-state index in [-0.39, 0.29) is 12.1 Å². The van der Waals surface area contributed by atoms with Crippen LogP contribution in [-0.4, -0.2) is 98.6 Å². The molecule has 0 spiro atoms. The van der Waals surface area contributed by atoms with Crippen LogP contribution < -0.4 is 10.6 Å². The molecule has 3 aliphatic rings. The molecule has 13 heteroatoms. The van der Waals surface area contributed by atoms with Gasteiger partial charge in [-0.25, -0.2) is 4.79 Å². The number of aryl methyl sites for hydroxylation is 1. The van der Waals surface area contributed by atoms with E-state index in [1.807, 2.05) is 24.0 Å². The van der Waals surface area contributed by atoms with Gasteiger partial charge in [-0.05, 0) is 57.0 Å². The van der Waals surface area contributed by atoms with Crippen LogP contribution in [0.25, 0.3) is 10.2 Å². The molecule has 2 N–H and O–H groups in total. The molecule has 1 saturated carbocycles. The van der Waals surface area contributed by atoms with Crippen molar-refractivity contribution in [2.75, 3.05) is 57.1 Å². The van der Waals surface area contributed by atoms with Crippen LogP contribution in [0.5, 0.6) is 0 Å². The van der Waals surface area contributed by atoms with Gasteiger partial charge in [0.15, 0.2) is 4.83 Å². The summed E-state index contributed by atoms with van der Waals surface area (Å²) in [7, 11) is 1.45. The number of aromatic nitrogens is 5. The Morgan fingerprint density at radius 3 is 2.67 bits per heavy atom. The van der Waals surface area contributed by atoms with Crippen LogP contribution in [0.3, 0.4) is 0 Å². The Morgan fingerprint density at radius 2 is 1.92 bits per heavy atom. The smallest absolute Gasteiger partial charge is 0.409 e. The first-order valence-electron chi connectivity index (χ1n) is 13.9. The van der Waals surface area contributed by atoms with Gasteiger partial charge in [0, 0.05) is 51.1 Å². The number of carbonyl (C=O) groups excluding carboxylic acids is 1. The molecular formula is C26H37N9O3S. The van der Waals surface area contributed by atoms with Crippen LogP contribution in [0.1, 0.15) is 50.3 Å². The van der Waals surface area contributed by atoms with Gasteiger partial charge in [-0.3, -0.25) is 9.58 Å². The monoisotopic (exact) mass is 555 g/mol. The Kier molecular flexibility index (Phi) is 7.80. The lowest BCUT2D eigenvalue weighted by molar-refractivity contribution is 0.0549. The zero-order valence-electron chi connectivity index (χ0n) is 22.6. The average molecular weight is 556 g/mol. The highest BCUT2D eigenvalue weighted by atomic mass is 32.1. The summed E-state index contributed by atoms with van der Waals surface area (Å²) in [4.78, 5) is 26.7. The molecule has 12 nitrogen and oxygen atoms in total. The summed E-state index contributed by atoms with van der Waals surface area (Å²) in [5.41, 5.74) is 1.81. The molecule has 1 aliphatic carbocycles. The minimum atomic E-state index is -0.224. The van der Waals surface area contributed by atoms with E-state index in [9.17, 15) is 4.79 Å². The SMILES string of the molecule is COC(=O)N1CCN(C2CCC(Nc3nc(Nc4cnn([C@@H]5CCCOC5)c4)nc4snc(C)c34)CC2)CC1. The quantitative estimate of drug-likeness (QED) is 0.464. The standard InChI is InChI=1S/C26H37N9O3S/c1-17-22-23(28-18-5-7-20(8-6-18)33-9-11-34(12-10-33)26(36)37-2)30-25(31-24(22)39-32-17)29-19-14-27-35(15-19)21-4-3-13-38-16-21/h14-15,18,20-21H,3-13,16H2,1-2H3,(H2,28,29,30,31)/t18?,20?,21-/m1/s1. The van der Waals surface area contributed by atoms with Crippen molar-refractivity contribution in [1.82, 2.24) is 33.9 Å². The molecule has 0 radical (unpaired) electrons. The molecule has 1 amide bonds. The summed E-state index contributed by atoms with van der Waals surface area (Å²) < 4.78 is 17.0. The van der Waals surface area contributed by atoms with Crippen LogP contribution in [0.2, 0.25) is 0 Å². The Labute approximate surface area is 232 Å². The van der Waals surface area contributed by atoms with Crippen molar-refractivity contribution < 1.29 is 14.3 Å². The van der Waals surface area contributed by atoms with E-state index in [0.717, 1.165) is 98.7 Å². The summed E-state index contributed by atoms with van der Waals surface area (Å²) >= 11 is 1.40. The van der Waals surface area contributed by atoms with Crippen LogP contribution in [-0.2, 0) is 9.47 Å². The van der Waals surface area contributed by atoms with Crippen LogP contribution >= 0.6 is 11.5 Å². The van der Waals surface area contributed by atoms with Gasteiger partial charge in [-0.2, -0.15) is 19.4 Å². The van der Waals surface area contributed by atoms with E-state index < -0.39 is 0 Å². The van der Waals surface area contributed by atoms with Crippen molar-refractivity contribution in [3.63, 3.8) is 0 Å². The minimum Gasteiger partial charge on any atom is -0.453 e. The fourth-order valence-corrected chi connectivity index (χ4v) is 6.77. The summed E-state index contributed by atoms with van der Waals surface area (Å²) in [6, 6.07) is 1.17. The number of ether oxygens (including phenoxy) is 2. The summed E-state index contributed by atoms with van der Waals surface area (Å²) in [6.45, 7) is 6.82. The maximum Gasteiger partial charge on any atom is 0.409 e. The van der Waals surface area contributed by atoms with E-state index in [2.05, 4.69) is 25.0 Å². The third-order valence-electron chi connectivity index (χ3n) is 8.18. The molecule has 1 atom stereocenters. The second kappa shape index (κ2) is 11.6. The van der Waals surface area contributed by atoms with Crippen LogP contribution in [0.15, 0.2) is 12.4 Å². The topological polar surface area (TPSA) is 123 Å². The molecule has 0 unspecified atom stereocenters. The number of piperazine rings is 1. The molecule has 210 valence electrons. The van der Waals surface area contributed by atoms with Crippen molar-refractivity contribution >= 4 is 45.3 Å². The summed E-state index contributed by atoms with van der Waals surface area (Å²) in [5.74, 6) is 1.39. The molecular weight excluding hydrogens is 518 g/mol. The van der Waals surface area contributed by atoms with Gasteiger partial charge in [0.1, 0.15) is 5.82 Å². The van der Waals surface area contributed by atoms with Gasteiger partial charge in [0.2, 0.25) is 5.95 Å². The minimum absolute atomic E-state index is 0.224. The lowest BCUT2D eigenvalue weighted by Crippen LogP contribution is -2.53. The van der Waals surface area contributed by atoms with Gasteiger partial charge in [0.05, 0.1) is 42.7 Å². The molecule has 3 aromatic rings. The molecule has 2 aliphatic heterocycles. The van der Waals surface area contributed by atoms with Gasteiger partial charge < -0.3 is 25.0 Å². The first-order valence-corrected chi connectivity index (χ1v) is 14.7. The van der Waals surface area contributed by atoms with E-state index >= 15 is 0 Å². The molecule has 5 heterocycles. The first kappa shape index (κ1) is 26.2. The number of amides is 1.